The zero-order valence-electron chi connectivity index (χ0n) is 12.3. The first-order valence-corrected chi connectivity index (χ1v) is 8.24. The fourth-order valence-electron chi connectivity index (χ4n) is 2.62. The zero-order chi connectivity index (χ0) is 15.9. The predicted molar refractivity (Wildman–Crippen MR) is 85.8 cm³/mol. The lowest BCUT2D eigenvalue weighted by Crippen LogP contribution is -2.33. The topological polar surface area (TPSA) is 75.6 Å². The van der Waals surface area contributed by atoms with E-state index in [4.69, 9.17) is 9.84 Å². The van der Waals surface area contributed by atoms with Crippen molar-refractivity contribution in [2.45, 2.75) is 38.1 Å². The number of nitrogens with one attached hydrogen (secondary N) is 1. The van der Waals surface area contributed by atoms with Gasteiger partial charge in [-0.15, -0.1) is 0 Å². The Balaban J connectivity index is 1.61. The molecule has 22 heavy (non-hydrogen) atoms. The molecule has 120 valence electrons. The smallest absolute Gasteiger partial charge is 0.306 e. The molecule has 1 aliphatic carbocycles. The van der Waals surface area contributed by atoms with Gasteiger partial charge in [-0.2, -0.15) is 0 Å². The molecule has 1 saturated carbocycles. The highest BCUT2D eigenvalue weighted by molar-refractivity contribution is 9.10. The number of halogens is 1. The van der Waals surface area contributed by atoms with Gasteiger partial charge in [-0.3, -0.25) is 9.59 Å². The van der Waals surface area contributed by atoms with Crippen LogP contribution in [0, 0.1) is 5.92 Å². The van der Waals surface area contributed by atoms with Crippen molar-refractivity contribution in [3.05, 3.63) is 28.7 Å². The van der Waals surface area contributed by atoms with E-state index in [0.29, 0.717) is 32.3 Å². The third-order valence-corrected chi connectivity index (χ3v) is 4.25. The van der Waals surface area contributed by atoms with Crippen LogP contribution in [-0.2, 0) is 9.59 Å². The van der Waals surface area contributed by atoms with E-state index in [9.17, 15) is 9.59 Å². The molecule has 1 fully saturated rings. The average Bonchev–Trinajstić information content (AvgIpc) is 2.92. The van der Waals surface area contributed by atoms with Crippen molar-refractivity contribution >= 4 is 27.8 Å². The predicted octanol–water partition coefficient (Wildman–Crippen LogP) is 2.98. The van der Waals surface area contributed by atoms with Crippen molar-refractivity contribution in [3.8, 4) is 5.75 Å². The minimum absolute atomic E-state index is 0.000373. The van der Waals surface area contributed by atoms with Crippen LogP contribution in [0.15, 0.2) is 28.7 Å². The molecule has 0 radical (unpaired) electrons. The molecule has 1 aromatic rings. The Labute approximate surface area is 138 Å². The summed E-state index contributed by atoms with van der Waals surface area (Å²) >= 11 is 3.37. The number of carboxylic acid groups (broad SMARTS) is 1. The Hall–Kier alpha value is -1.56. The average molecular weight is 370 g/mol. The maximum absolute atomic E-state index is 11.8. The van der Waals surface area contributed by atoms with Gasteiger partial charge in [0.25, 0.3) is 0 Å². The van der Waals surface area contributed by atoms with Gasteiger partial charge in [-0.25, -0.2) is 0 Å². The summed E-state index contributed by atoms with van der Waals surface area (Å²) in [6.07, 6.45) is 2.95. The first-order chi connectivity index (χ1) is 10.5. The lowest BCUT2D eigenvalue weighted by Gasteiger charge is -2.12. The van der Waals surface area contributed by atoms with Crippen LogP contribution in [0.1, 0.15) is 32.1 Å². The van der Waals surface area contributed by atoms with E-state index in [1.165, 1.54) is 0 Å². The minimum atomic E-state index is -0.765. The summed E-state index contributed by atoms with van der Waals surface area (Å²) in [6.45, 7) is 0.478. The first-order valence-electron chi connectivity index (χ1n) is 7.45. The molecule has 2 rings (SSSR count). The SMILES string of the molecule is O=C(CCCOc1cccc(Br)c1)N[C@@H]1CC[C@H](C(=O)O)C1. The number of aliphatic carboxylic acids is 1. The van der Waals surface area contributed by atoms with Crippen LogP contribution in [0.25, 0.3) is 0 Å². The second-order valence-electron chi connectivity index (χ2n) is 5.52. The molecule has 5 nitrogen and oxygen atoms in total. The molecule has 0 unspecified atom stereocenters. The maximum atomic E-state index is 11.8. The third kappa shape index (κ3) is 5.33. The van der Waals surface area contributed by atoms with Gasteiger partial charge in [0.1, 0.15) is 5.75 Å². The normalized spacial score (nSPS) is 20.6. The molecule has 1 amide bonds. The van der Waals surface area contributed by atoms with Crippen LogP contribution in [0.2, 0.25) is 0 Å². The Morgan fingerprint density at radius 1 is 1.36 bits per heavy atom. The molecule has 1 aromatic carbocycles. The Bertz CT molecular complexity index is 535. The monoisotopic (exact) mass is 369 g/mol. The summed E-state index contributed by atoms with van der Waals surface area (Å²) in [4.78, 5) is 22.7. The molecule has 0 bridgehead atoms. The van der Waals surface area contributed by atoms with Crippen LogP contribution < -0.4 is 10.1 Å². The summed E-state index contributed by atoms with van der Waals surface area (Å²) in [5.41, 5.74) is 0. The standard InChI is InChI=1S/C16H20BrNO4/c17-12-3-1-4-14(10-12)22-8-2-5-15(19)18-13-7-6-11(9-13)16(20)21/h1,3-4,10-11,13H,2,5-9H2,(H,18,19)(H,20,21)/t11-,13+/m0/s1. The largest absolute Gasteiger partial charge is 0.494 e. The van der Waals surface area contributed by atoms with Crippen molar-refractivity contribution in [1.29, 1.82) is 0 Å². The van der Waals surface area contributed by atoms with E-state index >= 15 is 0 Å². The lowest BCUT2D eigenvalue weighted by atomic mass is 10.1. The van der Waals surface area contributed by atoms with Gasteiger partial charge < -0.3 is 15.2 Å². The highest BCUT2D eigenvalue weighted by Gasteiger charge is 2.30. The van der Waals surface area contributed by atoms with Gasteiger partial charge in [0.15, 0.2) is 0 Å². The third-order valence-electron chi connectivity index (χ3n) is 3.76. The van der Waals surface area contributed by atoms with Gasteiger partial charge in [-0.1, -0.05) is 22.0 Å². The van der Waals surface area contributed by atoms with Gasteiger partial charge in [0, 0.05) is 16.9 Å². The fraction of sp³-hybridized carbons (Fsp3) is 0.500. The summed E-state index contributed by atoms with van der Waals surface area (Å²) in [7, 11) is 0. The van der Waals surface area contributed by atoms with E-state index < -0.39 is 5.97 Å². The molecule has 6 heteroatoms. The molecule has 0 aromatic heterocycles. The quantitative estimate of drug-likeness (QED) is 0.724. The minimum Gasteiger partial charge on any atom is -0.494 e. The van der Waals surface area contributed by atoms with E-state index in [2.05, 4.69) is 21.2 Å². The Kier molecular flexibility index (Phi) is 6.24. The molecular formula is C16H20BrNO4. The summed E-state index contributed by atoms with van der Waals surface area (Å²) < 4.78 is 6.52. The first kappa shape index (κ1) is 16.8. The Morgan fingerprint density at radius 2 is 2.18 bits per heavy atom. The molecule has 0 saturated heterocycles. The van der Waals surface area contributed by atoms with Crippen LogP contribution in [0.5, 0.6) is 5.75 Å². The van der Waals surface area contributed by atoms with Crippen molar-refractivity contribution < 1.29 is 19.4 Å². The second-order valence-corrected chi connectivity index (χ2v) is 6.44. The van der Waals surface area contributed by atoms with Gasteiger partial charge in [-0.05, 0) is 43.9 Å². The molecule has 0 heterocycles. The van der Waals surface area contributed by atoms with Crippen LogP contribution in [0.4, 0.5) is 0 Å². The molecular weight excluding hydrogens is 350 g/mol. The van der Waals surface area contributed by atoms with Crippen molar-refractivity contribution in [2.24, 2.45) is 5.92 Å². The molecule has 0 aliphatic heterocycles. The number of carbonyl (C=O) groups is 2. The van der Waals surface area contributed by atoms with E-state index in [1.54, 1.807) is 0 Å². The van der Waals surface area contributed by atoms with Gasteiger partial charge in [0.2, 0.25) is 5.91 Å². The van der Waals surface area contributed by atoms with Crippen molar-refractivity contribution in [1.82, 2.24) is 5.32 Å². The Morgan fingerprint density at radius 3 is 2.86 bits per heavy atom. The number of amides is 1. The molecule has 1 aliphatic rings. The van der Waals surface area contributed by atoms with E-state index in [0.717, 1.165) is 16.6 Å². The number of carbonyl (C=O) groups excluding carboxylic acids is 1. The van der Waals surface area contributed by atoms with Crippen molar-refractivity contribution in [2.75, 3.05) is 6.61 Å². The molecule has 2 N–H and O–H groups in total. The summed E-state index contributed by atoms with van der Waals surface area (Å²) in [6, 6.07) is 7.57. The van der Waals surface area contributed by atoms with Crippen molar-refractivity contribution in [3.63, 3.8) is 0 Å². The summed E-state index contributed by atoms with van der Waals surface area (Å²) in [5, 5.41) is 11.8. The van der Waals surface area contributed by atoms with E-state index in [-0.39, 0.29) is 17.9 Å². The number of carboxylic acids is 1. The van der Waals surface area contributed by atoms with E-state index in [1.807, 2.05) is 24.3 Å². The zero-order valence-corrected chi connectivity index (χ0v) is 13.8. The number of ether oxygens (including phenoxy) is 1. The summed E-state index contributed by atoms with van der Waals surface area (Å²) in [5.74, 6) is -0.340. The maximum Gasteiger partial charge on any atom is 0.306 e. The van der Waals surface area contributed by atoms with Gasteiger partial charge in [0.05, 0.1) is 12.5 Å². The number of hydrogen-bond donors (Lipinski definition) is 2. The molecule has 0 spiro atoms. The number of rotatable bonds is 7. The van der Waals surface area contributed by atoms with Gasteiger partial charge >= 0.3 is 5.97 Å². The number of benzene rings is 1. The second kappa shape index (κ2) is 8.17. The fourth-order valence-corrected chi connectivity index (χ4v) is 2.99. The number of hydrogen-bond acceptors (Lipinski definition) is 3. The van der Waals surface area contributed by atoms with Crippen LogP contribution >= 0.6 is 15.9 Å². The van der Waals surface area contributed by atoms with Crippen LogP contribution in [-0.4, -0.2) is 29.6 Å². The van der Waals surface area contributed by atoms with Crippen LogP contribution in [0.3, 0.4) is 0 Å². The molecule has 2 atom stereocenters. The highest BCUT2D eigenvalue weighted by Crippen LogP contribution is 2.25. The highest BCUT2D eigenvalue weighted by atomic mass is 79.9. The lowest BCUT2D eigenvalue weighted by molar-refractivity contribution is -0.141.